The van der Waals surface area contributed by atoms with E-state index in [-0.39, 0.29) is 47.5 Å². The van der Waals surface area contributed by atoms with Crippen LogP contribution in [0.2, 0.25) is 0 Å². The van der Waals surface area contributed by atoms with Gasteiger partial charge in [0.05, 0.1) is 42.0 Å². The van der Waals surface area contributed by atoms with Crippen LogP contribution >= 0.6 is 18.9 Å². The molecule has 4 rings (SSSR count). The van der Waals surface area contributed by atoms with E-state index in [1.54, 1.807) is 31.4 Å². The monoisotopic (exact) mass is 580 g/mol. The number of hydrogen-bond donors (Lipinski definition) is 1. The molecule has 0 aliphatic heterocycles. The van der Waals surface area contributed by atoms with E-state index in [1.165, 1.54) is 35.0 Å². The quantitative estimate of drug-likeness (QED) is 0.243. The lowest BCUT2D eigenvalue weighted by Crippen LogP contribution is -2.14. The van der Waals surface area contributed by atoms with Crippen molar-refractivity contribution < 1.29 is 31.2 Å². The Morgan fingerprint density at radius 2 is 1.82 bits per heavy atom. The van der Waals surface area contributed by atoms with Crippen LogP contribution in [-0.4, -0.2) is 48.6 Å². The third-order valence-electron chi connectivity index (χ3n) is 5.39. The summed E-state index contributed by atoms with van der Waals surface area (Å²) in [6.07, 6.45) is 1.06. The van der Waals surface area contributed by atoms with Gasteiger partial charge in [-0.2, -0.15) is 5.10 Å². The molecule has 1 N–H and O–H groups in total. The molecule has 0 saturated heterocycles. The summed E-state index contributed by atoms with van der Waals surface area (Å²) in [5, 5.41) is 9.51. The van der Waals surface area contributed by atoms with Gasteiger partial charge in [0.2, 0.25) is 0 Å². The molecule has 0 spiro atoms. The second-order valence-corrected chi connectivity index (χ2v) is 13.2. The van der Waals surface area contributed by atoms with Crippen molar-refractivity contribution in [2.24, 2.45) is 0 Å². The average molecular weight is 581 g/mol. The molecular formula is C24H26FN4O6PS2. The maximum absolute atomic E-state index is 13.4. The minimum Gasteiger partial charge on any atom is -0.309 e. The summed E-state index contributed by atoms with van der Waals surface area (Å²) in [7, 11) is -6.87. The molecule has 202 valence electrons. The zero-order valence-electron chi connectivity index (χ0n) is 20.9. The summed E-state index contributed by atoms with van der Waals surface area (Å²) in [4.78, 5) is 17.6. The lowest BCUT2D eigenvalue weighted by atomic mass is 10.2. The van der Waals surface area contributed by atoms with Gasteiger partial charge in [0.1, 0.15) is 5.82 Å². The average Bonchev–Trinajstić information content (AvgIpc) is 3.43. The van der Waals surface area contributed by atoms with Gasteiger partial charge in [-0.25, -0.2) is 17.8 Å². The molecule has 4 aromatic rings. The summed E-state index contributed by atoms with van der Waals surface area (Å²) in [5.41, 5.74) is 1.65. The topological polar surface area (TPSA) is 129 Å². The number of halogens is 1. The summed E-state index contributed by atoms with van der Waals surface area (Å²) in [5.74, 6) is -0.946. The zero-order chi connectivity index (χ0) is 27.5. The number of thiazole rings is 1. The van der Waals surface area contributed by atoms with Crippen molar-refractivity contribution in [3.05, 3.63) is 70.6 Å². The number of benzene rings is 2. The van der Waals surface area contributed by atoms with Gasteiger partial charge in [-0.3, -0.25) is 19.4 Å². The standard InChI is InChI=1S/C24H26FN4O6PS2/c1-4-34-36(31,35-5-2)14-18-15-37-24(26-18)27-23(30)22-20-11-10-19(38(3,32)33)12-21(20)29(28-22)13-16-6-8-17(25)9-7-16/h6-12,15H,4-5,13-14H2,1-3H3,(H,26,27,30). The number of aromatic nitrogens is 3. The fourth-order valence-electron chi connectivity index (χ4n) is 3.75. The first-order chi connectivity index (χ1) is 18.0. The number of anilines is 1. The Balaban J connectivity index is 1.64. The van der Waals surface area contributed by atoms with Gasteiger partial charge in [0.25, 0.3) is 5.91 Å². The van der Waals surface area contributed by atoms with E-state index in [0.717, 1.165) is 17.6 Å². The fraction of sp³-hybridized carbons (Fsp3) is 0.292. The highest BCUT2D eigenvalue weighted by atomic mass is 32.2. The molecule has 0 aliphatic rings. The molecule has 14 heteroatoms. The Hall–Kier alpha value is -2.96. The van der Waals surface area contributed by atoms with E-state index in [2.05, 4.69) is 15.4 Å². The second kappa shape index (κ2) is 11.4. The molecule has 2 aromatic carbocycles. The van der Waals surface area contributed by atoms with E-state index in [4.69, 9.17) is 9.05 Å². The third kappa shape index (κ3) is 6.54. The number of carbonyl (C=O) groups is 1. The molecule has 2 heterocycles. The van der Waals surface area contributed by atoms with Crippen molar-refractivity contribution >= 4 is 50.7 Å². The van der Waals surface area contributed by atoms with Crippen LogP contribution in [0.4, 0.5) is 9.52 Å². The maximum atomic E-state index is 13.4. The Morgan fingerprint density at radius 1 is 1.13 bits per heavy atom. The fourth-order valence-corrected chi connectivity index (χ4v) is 6.82. The van der Waals surface area contributed by atoms with Gasteiger partial charge >= 0.3 is 7.60 Å². The molecule has 0 fully saturated rings. The van der Waals surface area contributed by atoms with Crippen LogP contribution in [0.3, 0.4) is 0 Å². The lowest BCUT2D eigenvalue weighted by Gasteiger charge is -2.15. The highest BCUT2D eigenvalue weighted by Gasteiger charge is 2.26. The second-order valence-electron chi connectivity index (χ2n) is 8.29. The van der Waals surface area contributed by atoms with Crippen LogP contribution in [0.15, 0.2) is 52.7 Å². The summed E-state index contributed by atoms with van der Waals surface area (Å²) < 4.78 is 62.6. The Kier molecular flexibility index (Phi) is 8.43. The van der Waals surface area contributed by atoms with E-state index in [9.17, 15) is 22.2 Å². The summed E-state index contributed by atoms with van der Waals surface area (Å²) in [6.45, 7) is 4.07. The Morgan fingerprint density at radius 3 is 2.45 bits per heavy atom. The van der Waals surface area contributed by atoms with Crippen molar-refractivity contribution in [3.8, 4) is 0 Å². The van der Waals surface area contributed by atoms with Crippen LogP contribution in [0.1, 0.15) is 35.6 Å². The molecule has 0 saturated carbocycles. The maximum Gasteiger partial charge on any atom is 0.336 e. The lowest BCUT2D eigenvalue weighted by molar-refractivity contribution is 0.102. The van der Waals surface area contributed by atoms with Gasteiger partial charge in [0, 0.05) is 17.0 Å². The highest BCUT2D eigenvalue weighted by molar-refractivity contribution is 7.90. The highest BCUT2D eigenvalue weighted by Crippen LogP contribution is 2.51. The van der Waals surface area contributed by atoms with Crippen LogP contribution in [-0.2, 0) is 36.2 Å². The van der Waals surface area contributed by atoms with Crippen LogP contribution in [0, 0.1) is 5.82 Å². The van der Waals surface area contributed by atoms with Gasteiger partial charge in [-0.15, -0.1) is 11.3 Å². The molecule has 0 aliphatic carbocycles. The number of sulfone groups is 1. The van der Waals surface area contributed by atoms with E-state index in [1.807, 2.05) is 0 Å². The Labute approximate surface area is 223 Å². The number of carbonyl (C=O) groups excluding carboxylic acids is 1. The van der Waals surface area contributed by atoms with Crippen LogP contribution in [0.5, 0.6) is 0 Å². The van der Waals surface area contributed by atoms with Crippen LogP contribution in [0.25, 0.3) is 10.9 Å². The van der Waals surface area contributed by atoms with Gasteiger partial charge < -0.3 is 9.05 Å². The normalized spacial score (nSPS) is 12.2. The number of rotatable bonds is 11. The van der Waals surface area contributed by atoms with Gasteiger partial charge in [-0.05, 0) is 49.7 Å². The Bertz CT molecular complexity index is 1610. The molecule has 0 radical (unpaired) electrons. The molecule has 2 aromatic heterocycles. The molecule has 1 amide bonds. The molecule has 38 heavy (non-hydrogen) atoms. The molecule has 0 unspecified atom stereocenters. The largest absolute Gasteiger partial charge is 0.336 e. The molecular weight excluding hydrogens is 554 g/mol. The van der Waals surface area contributed by atoms with Crippen molar-refractivity contribution in [3.63, 3.8) is 0 Å². The number of nitrogens with one attached hydrogen (secondary N) is 1. The molecule has 0 bridgehead atoms. The number of nitrogens with zero attached hydrogens (tertiary/aromatic N) is 3. The van der Waals surface area contributed by atoms with Crippen LogP contribution < -0.4 is 5.32 Å². The van der Waals surface area contributed by atoms with Crippen molar-refractivity contribution in [1.29, 1.82) is 0 Å². The minimum absolute atomic E-state index is 0.0372. The molecule has 0 atom stereocenters. The first-order valence-electron chi connectivity index (χ1n) is 11.6. The smallest absolute Gasteiger partial charge is 0.309 e. The minimum atomic E-state index is -3.51. The van der Waals surface area contributed by atoms with E-state index < -0.39 is 23.3 Å². The van der Waals surface area contributed by atoms with Gasteiger partial charge in [-0.1, -0.05) is 12.1 Å². The first kappa shape index (κ1) is 28.1. The van der Waals surface area contributed by atoms with Crippen molar-refractivity contribution in [1.82, 2.24) is 14.8 Å². The van der Waals surface area contributed by atoms with Crippen molar-refractivity contribution in [2.75, 3.05) is 24.8 Å². The predicted octanol–water partition coefficient (Wildman–Crippen LogP) is 5.10. The first-order valence-corrected chi connectivity index (χ1v) is 16.1. The summed E-state index contributed by atoms with van der Waals surface area (Å²) >= 11 is 1.15. The third-order valence-corrected chi connectivity index (χ3v) is 9.32. The van der Waals surface area contributed by atoms with Crippen molar-refractivity contribution in [2.45, 2.75) is 31.4 Å². The SMILES string of the molecule is CCOP(=O)(Cc1csc(NC(=O)c2nn(Cc3ccc(F)cc3)c3cc(S(C)(=O)=O)ccc23)n1)OCC. The van der Waals surface area contributed by atoms with E-state index >= 15 is 0 Å². The number of fused-ring (bicyclic) bond motifs is 1. The molecule has 10 nitrogen and oxygen atoms in total. The summed E-state index contributed by atoms with van der Waals surface area (Å²) in [6, 6.07) is 10.2. The number of hydrogen-bond acceptors (Lipinski definition) is 9. The number of amides is 1. The zero-order valence-corrected chi connectivity index (χ0v) is 23.4. The van der Waals surface area contributed by atoms with E-state index in [0.29, 0.717) is 22.2 Å². The van der Waals surface area contributed by atoms with Gasteiger partial charge in [0.15, 0.2) is 20.7 Å². The predicted molar refractivity (Wildman–Crippen MR) is 143 cm³/mol.